The summed E-state index contributed by atoms with van der Waals surface area (Å²) in [5, 5.41) is 13.1. The van der Waals surface area contributed by atoms with Gasteiger partial charge in [-0.25, -0.2) is 0 Å². The number of esters is 1. The molecule has 0 saturated heterocycles. The Morgan fingerprint density at radius 3 is 2.62 bits per heavy atom. The zero-order chi connectivity index (χ0) is 21.0. The van der Waals surface area contributed by atoms with E-state index < -0.39 is 29.4 Å². The summed E-state index contributed by atoms with van der Waals surface area (Å²) in [7, 11) is 0. The number of benzene rings is 2. The maximum Gasteiger partial charge on any atom is 0.326 e. The first-order valence-electron chi connectivity index (χ1n) is 9.23. The molecule has 0 saturated carbocycles. The Balaban J connectivity index is 1.53. The van der Waals surface area contributed by atoms with Crippen molar-refractivity contribution in [2.24, 2.45) is 0 Å². The van der Waals surface area contributed by atoms with Crippen LogP contribution in [0.25, 0.3) is 0 Å². The molecular formula is C21H20N2O6. The van der Waals surface area contributed by atoms with Crippen molar-refractivity contribution in [2.45, 2.75) is 32.3 Å². The number of fused-ring (bicyclic) bond motifs is 1. The highest BCUT2D eigenvalue weighted by atomic mass is 16.6. The van der Waals surface area contributed by atoms with Crippen LogP contribution < -0.4 is 5.32 Å². The molecule has 0 bridgehead atoms. The summed E-state index contributed by atoms with van der Waals surface area (Å²) in [5.41, 5.74) is 2.71. The minimum absolute atomic E-state index is 0.0502. The number of nitro benzene ring substituents is 1. The molecular weight excluding hydrogens is 376 g/mol. The number of ketones is 1. The van der Waals surface area contributed by atoms with Gasteiger partial charge in [-0.05, 0) is 49.4 Å². The number of non-ortho nitro benzene ring substituents is 1. The van der Waals surface area contributed by atoms with Gasteiger partial charge in [0.1, 0.15) is 6.54 Å². The third-order valence-corrected chi connectivity index (χ3v) is 4.77. The molecule has 3 rings (SSSR count). The van der Waals surface area contributed by atoms with Crippen molar-refractivity contribution in [3.05, 3.63) is 74.8 Å². The summed E-state index contributed by atoms with van der Waals surface area (Å²) >= 11 is 0. The predicted molar refractivity (Wildman–Crippen MR) is 104 cm³/mol. The molecule has 0 fully saturated rings. The number of rotatable bonds is 7. The number of hydrogen-bond donors (Lipinski definition) is 1. The number of carbonyl (C=O) groups is 3. The van der Waals surface area contributed by atoms with Gasteiger partial charge < -0.3 is 10.1 Å². The standard InChI is InChI=1S/C21H20N2O6/c1-13(20(25)16-9-8-14-4-2-5-15(14)10-16)29-19(24)12-22-21(26)17-6-3-7-18(11-17)23(27)28/h3,6-11,13H,2,4-5,12H2,1H3,(H,22,26). The third-order valence-electron chi connectivity index (χ3n) is 4.77. The van der Waals surface area contributed by atoms with E-state index in [2.05, 4.69) is 5.32 Å². The van der Waals surface area contributed by atoms with Crippen LogP contribution in [0.5, 0.6) is 0 Å². The van der Waals surface area contributed by atoms with E-state index in [1.807, 2.05) is 12.1 Å². The van der Waals surface area contributed by atoms with E-state index in [-0.39, 0.29) is 17.0 Å². The van der Waals surface area contributed by atoms with Gasteiger partial charge in [-0.2, -0.15) is 0 Å². The molecule has 2 aromatic rings. The van der Waals surface area contributed by atoms with Gasteiger partial charge in [0, 0.05) is 23.3 Å². The normalized spacial score (nSPS) is 13.3. The average Bonchev–Trinajstić information content (AvgIpc) is 3.19. The number of amides is 1. The zero-order valence-corrected chi connectivity index (χ0v) is 15.8. The summed E-state index contributed by atoms with van der Waals surface area (Å²) in [4.78, 5) is 46.7. The Morgan fingerprint density at radius 2 is 1.86 bits per heavy atom. The zero-order valence-electron chi connectivity index (χ0n) is 15.8. The summed E-state index contributed by atoms with van der Waals surface area (Å²) in [6.07, 6.45) is 2.03. The Bertz CT molecular complexity index is 985. The number of ether oxygens (including phenoxy) is 1. The summed E-state index contributed by atoms with van der Waals surface area (Å²) in [6.45, 7) is 1.03. The van der Waals surface area contributed by atoms with Crippen molar-refractivity contribution < 1.29 is 24.0 Å². The second-order valence-corrected chi connectivity index (χ2v) is 6.82. The number of aryl methyl sites for hydroxylation is 2. The van der Waals surface area contributed by atoms with Crippen molar-refractivity contribution in [1.29, 1.82) is 0 Å². The lowest BCUT2D eigenvalue weighted by atomic mass is 10.0. The van der Waals surface area contributed by atoms with Gasteiger partial charge in [-0.1, -0.05) is 18.2 Å². The minimum Gasteiger partial charge on any atom is -0.453 e. The Labute approximate surface area is 167 Å². The van der Waals surface area contributed by atoms with Crippen LogP contribution in [0.3, 0.4) is 0 Å². The van der Waals surface area contributed by atoms with E-state index in [4.69, 9.17) is 4.74 Å². The summed E-state index contributed by atoms with van der Waals surface area (Å²) in [6, 6.07) is 10.7. The van der Waals surface area contributed by atoms with Crippen LogP contribution in [0.15, 0.2) is 42.5 Å². The van der Waals surface area contributed by atoms with Crippen molar-refractivity contribution in [3.8, 4) is 0 Å². The van der Waals surface area contributed by atoms with Crippen LogP contribution in [0, 0.1) is 10.1 Å². The van der Waals surface area contributed by atoms with Crippen LogP contribution in [0.1, 0.15) is 45.2 Å². The maximum atomic E-state index is 12.5. The SMILES string of the molecule is CC(OC(=O)CNC(=O)c1cccc([N+](=O)[O-])c1)C(=O)c1ccc2c(c1)CCC2. The van der Waals surface area contributed by atoms with Gasteiger partial charge in [0.25, 0.3) is 11.6 Å². The first-order chi connectivity index (χ1) is 13.8. The lowest BCUT2D eigenvalue weighted by molar-refractivity contribution is -0.384. The molecule has 1 aliphatic carbocycles. The quantitative estimate of drug-likeness (QED) is 0.333. The number of hydrogen-bond acceptors (Lipinski definition) is 6. The Morgan fingerprint density at radius 1 is 1.10 bits per heavy atom. The summed E-state index contributed by atoms with van der Waals surface area (Å²) < 4.78 is 5.12. The van der Waals surface area contributed by atoms with Crippen molar-refractivity contribution in [1.82, 2.24) is 5.32 Å². The van der Waals surface area contributed by atoms with Crippen LogP contribution in [0.4, 0.5) is 5.69 Å². The van der Waals surface area contributed by atoms with E-state index in [9.17, 15) is 24.5 Å². The van der Waals surface area contributed by atoms with E-state index in [1.54, 1.807) is 6.07 Å². The molecule has 150 valence electrons. The van der Waals surface area contributed by atoms with E-state index >= 15 is 0 Å². The van der Waals surface area contributed by atoms with Crippen molar-refractivity contribution in [2.75, 3.05) is 6.54 Å². The molecule has 8 nitrogen and oxygen atoms in total. The first-order valence-corrected chi connectivity index (χ1v) is 9.23. The highest BCUT2D eigenvalue weighted by Gasteiger charge is 2.22. The predicted octanol–water partition coefficient (Wildman–Crippen LogP) is 2.63. The summed E-state index contributed by atoms with van der Waals surface area (Å²) in [5.74, 6) is -1.73. The number of Topliss-reactive ketones (excluding diaryl/α,β-unsaturated/α-hetero) is 1. The lowest BCUT2D eigenvalue weighted by Gasteiger charge is -2.13. The van der Waals surface area contributed by atoms with Crippen LogP contribution in [-0.2, 0) is 22.4 Å². The van der Waals surface area contributed by atoms with Crippen LogP contribution in [-0.4, -0.2) is 35.2 Å². The van der Waals surface area contributed by atoms with Crippen molar-refractivity contribution in [3.63, 3.8) is 0 Å². The largest absolute Gasteiger partial charge is 0.453 e. The van der Waals surface area contributed by atoms with Gasteiger partial charge in [-0.3, -0.25) is 24.5 Å². The monoisotopic (exact) mass is 396 g/mol. The van der Waals surface area contributed by atoms with Gasteiger partial charge in [-0.15, -0.1) is 0 Å². The molecule has 8 heteroatoms. The molecule has 0 aromatic heterocycles. The van der Waals surface area contributed by atoms with Gasteiger partial charge in [0.2, 0.25) is 5.78 Å². The number of carbonyl (C=O) groups excluding carboxylic acids is 3. The fourth-order valence-electron chi connectivity index (χ4n) is 3.27. The highest BCUT2D eigenvalue weighted by Crippen LogP contribution is 2.23. The average molecular weight is 396 g/mol. The molecule has 1 atom stereocenters. The smallest absolute Gasteiger partial charge is 0.326 e. The number of nitrogens with zero attached hydrogens (tertiary/aromatic N) is 1. The van der Waals surface area contributed by atoms with E-state index in [0.29, 0.717) is 5.56 Å². The maximum absolute atomic E-state index is 12.5. The molecule has 0 spiro atoms. The molecule has 1 N–H and O–H groups in total. The fraction of sp³-hybridized carbons (Fsp3) is 0.286. The van der Waals surface area contributed by atoms with Gasteiger partial charge in [0.05, 0.1) is 4.92 Å². The molecule has 1 amide bonds. The first kappa shape index (κ1) is 20.2. The second kappa shape index (κ2) is 8.64. The Kier molecular flexibility index (Phi) is 6.01. The van der Waals surface area contributed by atoms with Crippen LogP contribution in [0.2, 0.25) is 0 Å². The molecule has 0 heterocycles. The van der Waals surface area contributed by atoms with Gasteiger partial charge in [0.15, 0.2) is 6.10 Å². The highest BCUT2D eigenvalue weighted by molar-refractivity contribution is 6.01. The fourth-order valence-corrected chi connectivity index (χ4v) is 3.27. The third kappa shape index (κ3) is 4.84. The minimum atomic E-state index is -0.989. The molecule has 2 aromatic carbocycles. The molecule has 29 heavy (non-hydrogen) atoms. The van der Waals surface area contributed by atoms with Crippen LogP contribution >= 0.6 is 0 Å². The molecule has 0 aliphatic heterocycles. The second-order valence-electron chi connectivity index (χ2n) is 6.82. The number of nitrogens with one attached hydrogen (secondary N) is 1. The van der Waals surface area contributed by atoms with Gasteiger partial charge >= 0.3 is 5.97 Å². The lowest BCUT2D eigenvalue weighted by Crippen LogP contribution is -2.34. The Hall–Kier alpha value is -3.55. The molecule has 1 unspecified atom stereocenters. The molecule has 0 radical (unpaired) electrons. The van der Waals surface area contributed by atoms with E-state index in [1.165, 1.54) is 30.7 Å². The van der Waals surface area contributed by atoms with Crippen molar-refractivity contribution >= 4 is 23.3 Å². The molecule has 1 aliphatic rings. The number of nitro groups is 1. The van der Waals surface area contributed by atoms with E-state index in [0.717, 1.165) is 30.9 Å². The topological polar surface area (TPSA) is 116 Å².